The van der Waals surface area contributed by atoms with Gasteiger partial charge >= 0.3 is 5.91 Å². The molecule has 158 valence electrons. The molecule has 0 aliphatic carbocycles. The number of aryl methyl sites for hydroxylation is 2. The van der Waals surface area contributed by atoms with Crippen LogP contribution in [0.4, 0.5) is 0 Å². The van der Waals surface area contributed by atoms with Gasteiger partial charge in [-0.05, 0) is 70.2 Å². The van der Waals surface area contributed by atoms with Gasteiger partial charge in [-0.25, -0.2) is 5.43 Å². The van der Waals surface area contributed by atoms with E-state index in [1.165, 1.54) is 5.56 Å². The minimum atomic E-state index is -0.405. The number of benzene rings is 2. The highest BCUT2D eigenvalue weighted by molar-refractivity contribution is 5.96. The van der Waals surface area contributed by atoms with Crippen molar-refractivity contribution in [1.82, 2.24) is 9.99 Å². The van der Waals surface area contributed by atoms with E-state index in [1.807, 2.05) is 39.0 Å². The van der Waals surface area contributed by atoms with Crippen LogP contribution in [0.3, 0.4) is 0 Å². The molecular weight excluding hydrogens is 390 g/mol. The molecule has 4 aromatic rings. The molecule has 2 heterocycles. The Kier molecular flexibility index (Phi) is 5.62. The van der Waals surface area contributed by atoms with Crippen LogP contribution in [0.5, 0.6) is 5.75 Å². The van der Waals surface area contributed by atoms with Crippen molar-refractivity contribution in [3.63, 3.8) is 0 Å². The zero-order valence-corrected chi connectivity index (χ0v) is 18.1. The summed E-state index contributed by atoms with van der Waals surface area (Å²) in [4.78, 5) is 12.5. The molecule has 0 bridgehead atoms. The first-order valence-electron chi connectivity index (χ1n) is 10.2. The highest BCUT2D eigenvalue weighted by Gasteiger charge is 2.13. The first-order valence-corrected chi connectivity index (χ1v) is 10.2. The van der Waals surface area contributed by atoms with Crippen molar-refractivity contribution in [1.29, 1.82) is 0 Å². The maximum atomic E-state index is 12.5. The third-order valence-corrected chi connectivity index (χ3v) is 5.15. The lowest BCUT2D eigenvalue weighted by Gasteiger charge is -2.09. The third kappa shape index (κ3) is 4.23. The van der Waals surface area contributed by atoms with Crippen LogP contribution in [-0.4, -0.2) is 23.3 Å². The number of carbonyl (C=O) groups is 1. The molecular formula is C25H25N3O3. The summed E-state index contributed by atoms with van der Waals surface area (Å²) in [5.41, 5.74) is 8.56. The minimum absolute atomic E-state index is 0.200. The second kappa shape index (κ2) is 8.52. The summed E-state index contributed by atoms with van der Waals surface area (Å²) in [5, 5.41) is 4.94. The van der Waals surface area contributed by atoms with Gasteiger partial charge in [0.1, 0.15) is 11.3 Å². The van der Waals surface area contributed by atoms with Crippen molar-refractivity contribution in [2.45, 2.75) is 27.7 Å². The number of rotatable bonds is 6. The van der Waals surface area contributed by atoms with E-state index in [0.29, 0.717) is 12.2 Å². The molecule has 0 radical (unpaired) electrons. The average molecular weight is 415 g/mol. The van der Waals surface area contributed by atoms with Gasteiger partial charge in [-0.2, -0.15) is 5.10 Å². The zero-order chi connectivity index (χ0) is 22.0. The summed E-state index contributed by atoms with van der Waals surface area (Å²) in [6.07, 6.45) is 1.65. The lowest BCUT2D eigenvalue weighted by molar-refractivity contribution is 0.0929. The van der Waals surface area contributed by atoms with E-state index in [0.717, 1.165) is 33.8 Å². The molecule has 1 amide bonds. The van der Waals surface area contributed by atoms with Crippen molar-refractivity contribution in [3.8, 4) is 11.4 Å². The molecule has 31 heavy (non-hydrogen) atoms. The second-order valence-corrected chi connectivity index (χ2v) is 7.44. The van der Waals surface area contributed by atoms with E-state index in [-0.39, 0.29) is 5.76 Å². The van der Waals surface area contributed by atoms with Crippen LogP contribution in [0.15, 0.2) is 64.1 Å². The van der Waals surface area contributed by atoms with Crippen molar-refractivity contribution >= 4 is 23.1 Å². The van der Waals surface area contributed by atoms with Gasteiger partial charge in [-0.3, -0.25) is 4.79 Å². The zero-order valence-electron chi connectivity index (χ0n) is 18.1. The Hall–Kier alpha value is -3.80. The SMILES string of the molecule is CCOc1ccc2oc(C(=O)N/N=C\c3cc(C)n(-c4ccc(C)cc4)c3C)cc2c1. The second-order valence-electron chi connectivity index (χ2n) is 7.44. The minimum Gasteiger partial charge on any atom is -0.494 e. The Labute approximate surface area is 181 Å². The number of fused-ring (bicyclic) bond motifs is 1. The lowest BCUT2D eigenvalue weighted by Crippen LogP contribution is -2.16. The van der Waals surface area contributed by atoms with Crippen LogP contribution in [-0.2, 0) is 0 Å². The van der Waals surface area contributed by atoms with Crippen molar-refractivity contribution < 1.29 is 13.9 Å². The standard InChI is InChI=1S/C25H25N3O3/c1-5-30-22-10-11-23-19(13-22)14-24(31-23)25(29)27-26-15-20-12-17(3)28(18(20)4)21-8-6-16(2)7-9-21/h6-15H,5H2,1-4H3,(H,27,29)/b26-15-. The summed E-state index contributed by atoms with van der Waals surface area (Å²) >= 11 is 0. The van der Waals surface area contributed by atoms with E-state index in [2.05, 4.69) is 46.3 Å². The molecule has 4 rings (SSSR count). The number of hydrazone groups is 1. The van der Waals surface area contributed by atoms with E-state index >= 15 is 0 Å². The molecule has 0 fully saturated rings. The Morgan fingerprint density at radius 1 is 1.10 bits per heavy atom. The summed E-state index contributed by atoms with van der Waals surface area (Å²) in [5.74, 6) is 0.536. The van der Waals surface area contributed by atoms with E-state index < -0.39 is 5.91 Å². The fourth-order valence-electron chi connectivity index (χ4n) is 3.61. The molecule has 0 saturated carbocycles. The normalized spacial score (nSPS) is 11.4. The van der Waals surface area contributed by atoms with Crippen molar-refractivity contribution in [2.24, 2.45) is 5.10 Å². The van der Waals surface area contributed by atoms with Crippen molar-refractivity contribution in [3.05, 3.63) is 82.9 Å². The smallest absolute Gasteiger partial charge is 0.307 e. The first-order chi connectivity index (χ1) is 15.0. The number of nitrogens with zero attached hydrogens (tertiary/aromatic N) is 2. The Morgan fingerprint density at radius 2 is 1.87 bits per heavy atom. The van der Waals surface area contributed by atoms with E-state index in [9.17, 15) is 4.79 Å². The molecule has 0 saturated heterocycles. The van der Waals surface area contributed by atoms with Crippen LogP contribution >= 0.6 is 0 Å². The molecule has 1 N–H and O–H groups in total. The van der Waals surface area contributed by atoms with Crippen LogP contribution in [0.25, 0.3) is 16.7 Å². The molecule has 0 aliphatic rings. The lowest BCUT2D eigenvalue weighted by atomic mass is 10.2. The molecule has 0 spiro atoms. The molecule has 0 atom stereocenters. The Morgan fingerprint density at radius 3 is 2.61 bits per heavy atom. The van der Waals surface area contributed by atoms with Gasteiger partial charge in [-0.15, -0.1) is 0 Å². The summed E-state index contributed by atoms with van der Waals surface area (Å²) in [6.45, 7) is 8.66. The molecule has 6 nitrogen and oxygen atoms in total. The fourth-order valence-corrected chi connectivity index (χ4v) is 3.61. The Bertz CT molecular complexity index is 1260. The van der Waals surface area contributed by atoms with Gasteiger partial charge < -0.3 is 13.7 Å². The highest BCUT2D eigenvalue weighted by atomic mass is 16.5. The largest absolute Gasteiger partial charge is 0.494 e. The fraction of sp³-hybridized carbons (Fsp3) is 0.200. The van der Waals surface area contributed by atoms with Crippen LogP contribution in [0, 0.1) is 20.8 Å². The molecule has 2 aromatic heterocycles. The first kappa shape index (κ1) is 20.5. The van der Waals surface area contributed by atoms with Gasteiger partial charge in [0, 0.05) is 28.0 Å². The number of ether oxygens (including phenoxy) is 1. The number of carbonyl (C=O) groups excluding carboxylic acids is 1. The predicted molar refractivity (Wildman–Crippen MR) is 122 cm³/mol. The Balaban J connectivity index is 1.50. The van der Waals surface area contributed by atoms with Gasteiger partial charge in [0.15, 0.2) is 5.76 Å². The number of furan rings is 1. The summed E-state index contributed by atoms with van der Waals surface area (Å²) in [6, 6.07) is 17.6. The number of amides is 1. The van der Waals surface area contributed by atoms with E-state index in [1.54, 1.807) is 18.3 Å². The number of hydrogen-bond donors (Lipinski definition) is 1. The average Bonchev–Trinajstić information content (AvgIpc) is 3.29. The van der Waals surface area contributed by atoms with Crippen LogP contribution in [0.2, 0.25) is 0 Å². The van der Waals surface area contributed by atoms with Crippen molar-refractivity contribution in [2.75, 3.05) is 6.61 Å². The number of nitrogens with one attached hydrogen (secondary N) is 1. The van der Waals surface area contributed by atoms with Gasteiger partial charge in [0.2, 0.25) is 0 Å². The quantitative estimate of drug-likeness (QED) is 0.343. The van der Waals surface area contributed by atoms with Gasteiger partial charge in [-0.1, -0.05) is 17.7 Å². The number of hydrogen-bond acceptors (Lipinski definition) is 4. The number of aromatic nitrogens is 1. The summed E-state index contributed by atoms with van der Waals surface area (Å²) in [7, 11) is 0. The maximum absolute atomic E-state index is 12.5. The summed E-state index contributed by atoms with van der Waals surface area (Å²) < 4.78 is 13.3. The highest BCUT2D eigenvalue weighted by Crippen LogP contribution is 2.24. The topological polar surface area (TPSA) is 68.8 Å². The molecule has 6 heteroatoms. The maximum Gasteiger partial charge on any atom is 0.307 e. The predicted octanol–water partition coefficient (Wildman–Crippen LogP) is 5.31. The van der Waals surface area contributed by atoms with E-state index in [4.69, 9.17) is 9.15 Å². The van der Waals surface area contributed by atoms with Gasteiger partial charge in [0.25, 0.3) is 0 Å². The van der Waals surface area contributed by atoms with Crippen LogP contribution in [0.1, 0.15) is 40.0 Å². The third-order valence-electron chi connectivity index (χ3n) is 5.15. The molecule has 2 aromatic carbocycles. The monoisotopic (exact) mass is 415 g/mol. The molecule has 0 unspecified atom stereocenters. The molecule has 0 aliphatic heterocycles. The van der Waals surface area contributed by atoms with Gasteiger partial charge in [0.05, 0.1) is 12.8 Å². The van der Waals surface area contributed by atoms with Crippen LogP contribution < -0.4 is 10.2 Å².